The van der Waals surface area contributed by atoms with E-state index < -0.39 is 11.4 Å². The molecule has 0 N–H and O–H groups in total. The van der Waals surface area contributed by atoms with E-state index in [-0.39, 0.29) is 0 Å². The molecule has 3 heteroatoms. The third-order valence-electron chi connectivity index (χ3n) is 2.61. The number of esters is 1. The van der Waals surface area contributed by atoms with E-state index in [1.54, 1.807) is 13.8 Å². The molecule has 0 saturated heterocycles. The molecule has 0 fully saturated rings. The van der Waals surface area contributed by atoms with Gasteiger partial charge in [0.05, 0.1) is 13.2 Å². The van der Waals surface area contributed by atoms with Gasteiger partial charge in [-0.05, 0) is 25.8 Å². The van der Waals surface area contributed by atoms with Crippen LogP contribution in [-0.2, 0) is 9.53 Å². The van der Waals surface area contributed by atoms with Crippen LogP contribution in [0.25, 0.3) is 0 Å². The normalized spacial score (nSPS) is 15.3. The van der Waals surface area contributed by atoms with E-state index >= 15 is 0 Å². The van der Waals surface area contributed by atoms with Gasteiger partial charge in [0.1, 0.15) is 0 Å². The minimum absolute atomic E-state index is 0.491. The van der Waals surface area contributed by atoms with Gasteiger partial charge >= 0.3 is 5.97 Å². The lowest BCUT2D eigenvalue weighted by Gasteiger charge is -2.19. The number of rotatable bonds is 5. The van der Waals surface area contributed by atoms with Crippen LogP contribution in [0, 0.1) is 16.7 Å². The molecule has 0 aliphatic rings. The van der Waals surface area contributed by atoms with Crippen molar-refractivity contribution in [2.75, 3.05) is 7.11 Å². The number of carbonyl (C=O) groups is 1. The van der Waals surface area contributed by atoms with E-state index in [1.807, 2.05) is 12.1 Å². The number of hydrogen-bond donors (Lipinski definition) is 0. The van der Waals surface area contributed by atoms with Crippen LogP contribution < -0.4 is 0 Å². The van der Waals surface area contributed by atoms with Crippen molar-refractivity contribution in [3.05, 3.63) is 11.6 Å². The van der Waals surface area contributed by atoms with Crippen molar-refractivity contribution in [3.63, 3.8) is 0 Å². The van der Waals surface area contributed by atoms with Crippen molar-refractivity contribution >= 4 is 5.97 Å². The van der Waals surface area contributed by atoms with Crippen LogP contribution in [-0.4, -0.2) is 13.1 Å². The molecule has 0 saturated carbocycles. The van der Waals surface area contributed by atoms with Gasteiger partial charge in [0.2, 0.25) is 0 Å². The highest BCUT2D eigenvalue weighted by Crippen LogP contribution is 2.27. The van der Waals surface area contributed by atoms with Crippen LogP contribution >= 0.6 is 0 Å². The molecule has 84 valence electrons. The Morgan fingerprint density at radius 3 is 2.60 bits per heavy atom. The van der Waals surface area contributed by atoms with Crippen LogP contribution in [0.5, 0.6) is 0 Å². The van der Waals surface area contributed by atoms with Crippen LogP contribution in [0.3, 0.4) is 0 Å². The average molecular weight is 209 g/mol. The van der Waals surface area contributed by atoms with Gasteiger partial charge in [-0.3, -0.25) is 0 Å². The second-order valence-corrected chi connectivity index (χ2v) is 3.76. The zero-order chi connectivity index (χ0) is 11.9. The van der Waals surface area contributed by atoms with Gasteiger partial charge in [-0.15, -0.1) is 0 Å². The van der Waals surface area contributed by atoms with E-state index in [0.29, 0.717) is 0 Å². The lowest BCUT2D eigenvalue weighted by Crippen LogP contribution is -2.28. The van der Waals surface area contributed by atoms with Gasteiger partial charge in [-0.2, -0.15) is 5.26 Å². The Labute approximate surface area is 91.7 Å². The first-order chi connectivity index (χ1) is 7.02. The summed E-state index contributed by atoms with van der Waals surface area (Å²) in [5.41, 5.74) is -0.368. The molecule has 0 aliphatic heterocycles. The molecule has 3 nitrogen and oxygen atoms in total. The number of carbonyl (C=O) groups excluding carboxylic acids is 1. The predicted molar refractivity (Wildman–Crippen MR) is 59.0 cm³/mol. The number of methoxy groups -OCH3 is 1. The van der Waals surface area contributed by atoms with Crippen molar-refractivity contribution in [1.29, 1.82) is 5.26 Å². The SMILES string of the molecule is CCCC/C=C(\C)C(C)(C#N)C(=O)OC. The number of unbranched alkanes of at least 4 members (excludes halogenated alkanes) is 2. The van der Waals surface area contributed by atoms with E-state index in [0.717, 1.165) is 24.8 Å². The molecule has 0 amide bonds. The summed E-state index contributed by atoms with van der Waals surface area (Å²) in [4.78, 5) is 11.5. The lowest BCUT2D eigenvalue weighted by molar-refractivity contribution is -0.146. The molecule has 0 rings (SSSR count). The van der Waals surface area contributed by atoms with Gasteiger partial charge in [-0.25, -0.2) is 4.79 Å². The highest BCUT2D eigenvalue weighted by atomic mass is 16.5. The van der Waals surface area contributed by atoms with Crippen LogP contribution in [0.4, 0.5) is 0 Å². The predicted octanol–water partition coefficient (Wildman–Crippen LogP) is 2.83. The fourth-order valence-corrected chi connectivity index (χ4v) is 1.23. The third kappa shape index (κ3) is 3.39. The Kier molecular flexibility index (Phi) is 5.69. The molecule has 0 aromatic heterocycles. The molecule has 1 atom stereocenters. The van der Waals surface area contributed by atoms with Crippen LogP contribution in [0.1, 0.15) is 40.0 Å². The Balaban J connectivity index is 4.74. The van der Waals surface area contributed by atoms with E-state index in [1.165, 1.54) is 7.11 Å². The van der Waals surface area contributed by atoms with Gasteiger partial charge in [-0.1, -0.05) is 25.8 Å². The Morgan fingerprint density at radius 1 is 1.60 bits per heavy atom. The maximum Gasteiger partial charge on any atom is 0.330 e. The second kappa shape index (κ2) is 6.23. The molecule has 0 radical (unpaired) electrons. The molecule has 0 aliphatic carbocycles. The van der Waals surface area contributed by atoms with Crippen molar-refractivity contribution < 1.29 is 9.53 Å². The fraction of sp³-hybridized carbons (Fsp3) is 0.667. The van der Waals surface area contributed by atoms with Gasteiger partial charge in [0.15, 0.2) is 5.41 Å². The minimum atomic E-state index is -1.14. The monoisotopic (exact) mass is 209 g/mol. The molecule has 0 aromatic carbocycles. The maximum absolute atomic E-state index is 11.5. The van der Waals surface area contributed by atoms with E-state index in [9.17, 15) is 4.79 Å². The van der Waals surface area contributed by atoms with Crippen LogP contribution in [0.2, 0.25) is 0 Å². The van der Waals surface area contributed by atoms with Crippen molar-refractivity contribution in [1.82, 2.24) is 0 Å². The summed E-state index contributed by atoms with van der Waals surface area (Å²) in [5.74, 6) is -0.491. The summed E-state index contributed by atoms with van der Waals surface area (Å²) in [6, 6.07) is 2.01. The fourth-order valence-electron chi connectivity index (χ4n) is 1.23. The summed E-state index contributed by atoms with van der Waals surface area (Å²) >= 11 is 0. The largest absolute Gasteiger partial charge is 0.468 e. The van der Waals surface area contributed by atoms with Gasteiger partial charge < -0.3 is 4.74 Å². The second-order valence-electron chi connectivity index (χ2n) is 3.76. The maximum atomic E-state index is 11.5. The number of nitriles is 1. The molecular weight excluding hydrogens is 190 g/mol. The smallest absolute Gasteiger partial charge is 0.330 e. The lowest BCUT2D eigenvalue weighted by atomic mass is 9.84. The topological polar surface area (TPSA) is 50.1 Å². The average Bonchev–Trinajstić information content (AvgIpc) is 2.26. The minimum Gasteiger partial charge on any atom is -0.468 e. The number of ether oxygens (including phenoxy) is 1. The zero-order valence-corrected chi connectivity index (χ0v) is 9.96. The first-order valence-electron chi connectivity index (χ1n) is 5.19. The quantitative estimate of drug-likeness (QED) is 0.397. The highest BCUT2D eigenvalue weighted by molar-refractivity contribution is 5.83. The van der Waals surface area contributed by atoms with E-state index in [4.69, 9.17) is 5.26 Å². The molecular formula is C12H19NO2. The molecule has 0 bridgehead atoms. The van der Waals surface area contributed by atoms with Crippen molar-refractivity contribution in [2.45, 2.75) is 40.0 Å². The summed E-state index contributed by atoms with van der Waals surface area (Å²) in [6.07, 6.45) is 5.02. The van der Waals surface area contributed by atoms with Crippen LogP contribution in [0.15, 0.2) is 11.6 Å². The van der Waals surface area contributed by atoms with Crippen molar-refractivity contribution in [2.24, 2.45) is 5.41 Å². The summed E-state index contributed by atoms with van der Waals surface area (Å²) in [7, 11) is 1.30. The Bertz CT molecular complexity index is 288. The summed E-state index contributed by atoms with van der Waals surface area (Å²) < 4.78 is 4.63. The zero-order valence-electron chi connectivity index (χ0n) is 9.96. The third-order valence-corrected chi connectivity index (χ3v) is 2.61. The number of nitrogens with zero attached hydrogens (tertiary/aromatic N) is 1. The Morgan fingerprint density at radius 2 is 2.20 bits per heavy atom. The molecule has 0 aromatic rings. The highest BCUT2D eigenvalue weighted by Gasteiger charge is 2.36. The molecule has 0 spiro atoms. The first-order valence-corrected chi connectivity index (χ1v) is 5.19. The summed E-state index contributed by atoms with van der Waals surface area (Å²) in [6.45, 7) is 5.50. The number of allylic oxidation sites excluding steroid dienone is 1. The summed E-state index contributed by atoms with van der Waals surface area (Å²) in [5, 5.41) is 9.02. The van der Waals surface area contributed by atoms with Gasteiger partial charge in [0, 0.05) is 0 Å². The molecule has 1 unspecified atom stereocenters. The molecule has 15 heavy (non-hydrogen) atoms. The number of hydrogen-bond acceptors (Lipinski definition) is 3. The van der Waals surface area contributed by atoms with Gasteiger partial charge in [0.25, 0.3) is 0 Å². The van der Waals surface area contributed by atoms with E-state index in [2.05, 4.69) is 11.7 Å². The first kappa shape index (κ1) is 13.7. The molecule has 0 heterocycles. The Hall–Kier alpha value is -1.30. The standard InChI is InChI=1S/C12H19NO2/c1-5-6-7-8-10(2)12(3,9-13)11(14)15-4/h8H,5-7H2,1-4H3/b10-8+. The van der Waals surface area contributed by atoms with Crippen molar-refractivity contribution in [3.8, 4) is 6.07 Å².